The van der Waals surface area contributed by atoms with Crippen LogP contribution in [-0.2, 0) is 6.42 Å². The third kappa shape index (κ3) is 3.57. The Balaban J connectivity index is 1.53. The molecule has 0 saturated heterocycles. The molecule has 0 aromatic carbocycles. The van der Waals surface area contributed by atoms with Crippen LogP contribution in [0.15, 0.2) is 48.9 Å². The van der Waals surface area contributed by atoms with Gasteiger partial charge < -0.3 is 19.8 Å². The highest BCUT2D eigenvalue weighted by molar-refractivity contribution is 5.90. The number of rotatable bonds is 5. The van der Waals surface area contributed by atoms with Crippen LogP contribution in [0, 0.1) is 0 Å². The minimum atomic E-state index is -0.305. The fourth-order valence-electron chi connectivity index (χ4n) is 2.23. The van der Waals surface area contributed by atoms with Gasteiger partial charge in [0, 0.05) is 31.6 Å². The van der Waals surface area contributed by atoms with Crippen molar-refractivity contribution in [3.63, 3.8) is 0 Å². The molecule has 0 bridgehead atoms. The lowest BCUT2D eigenvalue weighted by Crippen LogP contribution is -2.30. The van der Waals surface area contributed by atoms with E-state index < -0.39 is 0 Å². The summed E-state index contributed by atoms with van der Waals surface area (Å²) < 4.78 is 7.04. The molecule has 0 spiro atoms. The number of anilines is 1. The maximum absolute atomic E-state index is 11.9. The van der Waals surface area contributed by atoms with Gasteiger partial charge in [0.15, 0.2) is 0 Å². The molecule has 3 aromatic rings. The average molecular weight is 311 g/mol. The predicted octanol–water partition coefficient (Wildman–Crippen LogP) is 2.10. The number of carbonyl (C=O) groups excluding carboxylic acids is 1. The quantitative estimate of drug-likeness (QED) is 0.756. The van der Waals surface area contributed by atoms with Crippen molar-refractivity contribution in [2.24, 2.45) is 0 Å². The monoisotopic (exact) mass is 311 g/mol. The standard InChI is InChI=1S/C16H17N5O2/c1-23-15-13(5-4-8-17-15)20-16(22)18-9-7-12-11-21-10-3-2-6-14(21)19-12/h2-6,8,10-11H,7,9H2,1H3,(H2,18,20,22). The fourth-order valence-corrected chi connectivity index (χ4v) is 2.23. The van der Waals surface area contributed by atoms with E-state index in [1.807, 2.05) is 35.0 Å². The molecule has 0 saturated carbocycles. The number of nitrogens with one attached hydrogen (secondary N) is 2. The molecule has 0 radical (unpaired) electrons. The molecule has 23 heavy (non-hydrogen) atoms. The number of methoxy groups -OCH3 is 1. The van der Waals surface area contributed by atoms with Crippen LogP contribution in [0.4, 0.5) is 10.5 Å². The second kappa shape index (κ2) is 6.78. The Bertz CT molecular complexity index is 782. The highest BCUT2D eigenvalue weighted by Gasteiger charge is 2.07. The number of carbonyl (C=O) groups is 1. The zero-order valence-electron chi connectivity index (χ0n) is 12.7. The summed E-state index contributed by atoms with van der Waals surface area (Å²) in [6.07, 6.45) is 6.16. The molecule has 0 aliphatic heterocycles. The third-order valence-corrected chi connectivity index (χ3v) is 3.29. The molecule has 0 atom stereocenters. The molecule has 2 amide bonds. The zero-order chi connectivity index (χ0) is 16.1. The van der Waals surface area contributed by atoms with Gasteiger partial charge >= 0.3 is 6.03 Å². The van der Waals surface area contributed by atoms with Crippen molar-refractivity contribution in [2.75, 3.05) is 19.0 Å². The minimum absolute atomic E-state index is 0.305. The lowest BCUT2D eigenvalue weighted by atomic mass is 10.3. The molecule has 2 N–H and O–H groups in total. The predicted molar refractivity (Wildman–Crippen MR) is 86.7 cm³/mol. The van der Waals surface area contributed by atoms with Crippen molar-refractivity contribution in [1.29, 1.82) is 0 Å². The van der Waals surface area contributed by atoms with E-state index in [1.165, 1.54) is 7.11 Å². The third-order valence-electron chi connectivity index (χ3n) is 3.29. The molecule has 7 heteroatoms. The van der Waals surface area contributed by atoms with Gasteiger partial charge in [0.05, 0.1) is 12.8 Å². The van der Waals surface area contributed by atoms with Crippen LogP contribution in [0.1, 0.15) is 5.69 Å². The zero-order valence-corrected chi connectivity index (χ0v) is 12.7. The number of hydrogen-bond acceptors (Lipinski definition) is 4. The maximum atomic E-state index is 11.9. The molecule has 0 fully saturated rings. The molecule has 3 rings (SSSR count). The summed E-state index contributed by atoms with van der Waals surface area (Å²) >= 11 is 0. The van der Waals surface area contributed by atoms with E-state index in [-0.39, 0.29) is 6.03 Å². The van der Waals surface area contributed by atoms with Crippen LogP contribution in [0.5, 0.6) is 5.88 Å². The van der Waals surface area contributed by atoms with Crippen LogP contribution in [-0.4, -0.2) is 34.1 Å². The summed E-state index contributed by atoms with van der Waals surface area (Å²) in [6.45, 7) is 0.484. The van der Waals surface area contributed by atoms with Crippen LogP contribution < -0.4 is 15.4 Å². The topological polar surface area (TPSA) is 80.5 Å². The van der Waals surface area contributed by atoms with Gasteiger partial charge in [0.25, 0.3) is 0 Å². The molecule has 3 aromatic heterocycles. The van der Waals surface area contributed by atoms with Crippen molar-refractivity contribution >= 4 is 17.4 Å². The van der Waals surface area contributed by atoms with Crippen LogP contribution in [0.25, 0.3) is 5.65 Å². The van der Waals surface area contributed by atoms with Crippen molar-refractivity contribution < 1.29 is 9.53 Å². The first-order valence-electron chi connectivity index (χ1n) is 7.23. The van der Waals surface area contributed by atoms with E-state index in [2.05, 4.69) is 20.6 Å². The van der Waals surface area contributed by atoms with E-state index in [9.17, 15) is 4.79 Å². The van der Waals surface area contributed by atoms with Gasteiger partial charge in [0.1, 0.15) is 11.3 Å². The second-order valence-electron chi connectivity index (χ2n) is 4.89. The Hall–Kier alpha value is -3.09. The molecule has 0 aliphatic carbocycles. The van der Waals surface area contributed by atoms with Gasteiger partial charge in [-0.1, -0.05) is 6.07 Å². The summed E-state index contributed by atoms with van der Waals surface area (Å²) in [6, 6.07) is 8.99. The largest absolute Gasteiger partial charge is 0.480 e. The van der Waals surface area contributed by atoms with E-state index in [0.717, 1.165) is 11.3 Å². The van der Waals surface area contributed by atoms with Gasteiger partial charge in [-0.3, -0.25) is 0 Å². The van der Waals surface area contributed by atoms with E-state index >= 15 is 0 Å². The van der Waals surface area contributed by atoms with Gasteiger partial charge in [0.2, 0.25) is 5.88 Å². The van der Waals surface area contributed by atoms with Crippen LogP contribution in [0.3, 0.4) is 0 Å². The van der Waals surface area contributed by atoms with Gasteiger partial charge in [-0.25, -0.2) is 14.8 Å². The van der Waals surface area contributed by atoms with Gasteiger partial charge in [-0.05, 0) is 24.3 Å². The second-order valence-corrected chi connectivity index (χ2v) is 4.89. The maximum Gasteiger partial charge on any atom is 0.319 e. The van der Waals surface area contributed by atoms with Crippen molar-refractivity contribution in [2.45, 2.75) is 6.42 Å². The highest BCUT2D eigenvalue weighted by atomic mass is 16.5. The lowest BCUT2D eigenvalue weighted by Gasteiger charge is -2.09. The number of fused-ring (bicyclic) bond motifs is 1. The Morgan fingerprint density at radius 2 is 2.22 bits per heavy atom. The van der Waals surface area contributed by atoms with E-state index in [0.29, 0.717) is 24.5 Å². The van der Waals surface area contributed by atoms with Crippen LogP contribution >= 0.6 is 0 Å². The van der Waals surface area contributed by atoms with Crippen molar-refractivity contribution in [3.05, 3.63) is 54.6 Å². The van der Waals surface area contributed by atoms with Gasteiger partial charge in [-0.2, -0.15) is 0 Å². The van der Waals surface area contributed by atoms with E-state index in [4.69, 9.17) is 4.74 Å². The number of urea groups is 1. The molecule has 118 valence electrons. The summed E-state index contributed by atoms with van der Waals surface area (Å²) in [7, 11) is 1.51. The van der Waals surface area contributed by atoms with E-state index in [1.54, 1.807) is 18.3 Å². The summed E-state index contributed by atoms with van der Waals surface area (Å²) in [4.78, 5) is 20.4. The molecule has 7 nitrogen and oxygen atoms in total. The Morgan fingerprint density at radius 3 is 3.04 bits per heavy atom. The minimum Gasteiger partial charge on any atom is -0.480 e. The number of amides is 2. The average Bonchev–Trinajstić information content (AvgIpc) is 2.98. The number of aromatic nitrogens is 3. The molecular formula is C16H17N5O2. The molecule has 3 heterocycles. The Kier molecular flexibility index (Phi) is 4.37. The molecular weight excluding hydrogens is 294 g/mol. The Labute approximate surface area is 133 Å². The number of nitrogens with zero attached hydrogens (tertiary/aromatic N) is 3. The lowest BCUT2D eigenvalue weighted by molar-refractivity contribution is 0.252. The van der Waals surface area contributed by atoms with Crippen LogP contribution in [0.2, 0.25) is 0 Å². The molecule has 0 unspecified atom stereocenters. The normalized spacial score (nSPS) is 10.5. The smallest absolute Gasteiger partial charge is 0.319 e. The van der Waals surface area contributed by atoms with Crippen molar-refractivity contribution in [1.82, 2.24) is 19.7 Å². The fraction of sp³-hybridized carbons (Fsp3) is 0.188. The first-order valence-corrected chi connectivity index (χ1v) is 7.23. The number of hydrogen-bond donors (Lipinski definition) is 2. The van der Waals surface area contributed by atoms with Crippen molar-refractivity contribution in [3.8, 4) is 5.88 Å². The first kappa shape index (κ1) is 14.8. The summed E-state index contributed by atoms with van der Waals surface area (Å²) in [5.74, 6) is 0.378. The first-order chi connectivity index (χ1) is 11.3. The number of ether oxygens (including phenoxy) is 1. The SMILES string of the molecule is COc1ncccc1NC(=O)NCCc1cn2ccccc2n1. The number of imidazole rings is 1. The summed E-state index contributed by atoms with van der Waals surface area (Å²) in [5, 5.41) is 5.50. The Morgan fingerprint density at radius 1 is 1.30 bits per heavy atom. The molecule has 0 aliphatic rings. The summed E-state index contributed by atoms with van der Waals surface area (Å²) in [5.41, 5.74) is 2.35. The van der Waals surface area contributed by atoms with Gasteiger partial charge in [-0.15, -0.1) is 0 Å². The highest BCUT2D eigenvalue weighted by Crippen LogP contribution is 2.19. The number of pyridine rings is 2.